The number of nitrogens with zero attached hydrogens (tertiary/aromatic N) is 3. The van der Waals surface area contributed by atoms with Gasteiger partial charge >= 0.3 is 0 Å². The van der Waals surface area contributed by atoms with E-state index >= 15 is 0 Å². The van der Waals surface area contributed by atoms with Gasteiger partial charge in [-0.3, -0.25) is 14.1 Å². The van der Waals surface area contributed by atoms with Gasteiger partial charge in [0.25, 0.3) is 0 Å². The van der Waals surface area contributed by atoms with Crippen LogP contribution in [-0.2, 0) is 4.79 Å². The summed E-state index contributed by atoms with van der Waals surface area (Å²) in [5.41, 5.74) is 0.882. The van der Waals surface area contributed by atoms with Crippen LogP contribution in [0.1, 0.15) is 12.8 Å². The molecule has 0 bridgehead atoms. The summed E-state index contributed by atoms with van der Waals surface area (Å²) in [5, 5.41) is 0. The van der Waals surface area contributed by atoms with Gasteiger partial charge in [-0.2, -0.15) is 0 Å². The van der Waals surface area contributed by atoms with Crippen molar-refractivity contribution in [3.05, 3.63) is 30.6 Å². The van der Waals surface area contributed by atoms with Crippen LogP contribution in [0.5, 0.6) is 0 Å². The number of aromatic nitrogens is 2. The standard InChI is InChI=1S/C11H11N3O/c15-11-5-3-7-14(11)10-8-12-9-4-1-2-6-13(9)10/h1-2,4,6,8H,3,5,7H2. The maximum atomic E-state index is 11.6. The number of carbonyl (C=O) groups is 1. The lowest BCUT2D eigenvalue weighted by Crippen LogP contribution is -2.24. The van der Waals surface area contributed by atoms with Gasteiger partial charge in [-0.05, 0) is 18.6 Å². The first-order valence-electron chi connectivity index (χ1n) is 5.09. The van der Waals surface area contributed by atoms with Crippen molar-refractivity contribution < 1.29 is 4.79 Å². The molecule has 2 aromatic rings. The van der Waals surface area contributed by atoms with E-state index in [1.54, 1.807) is 11.1 Å². The van der Waals surface area contributed by atoms with Gasteiger partial charge in [-0.15, -0.1) is 0 Å². The van der Waals surface area contributed by atoms with E-state index in [9.17, 15) is 4.79 Å². The highest BCUT2D eigenvalue weighted by atomic mass is 16.2. The van der Waals surface area contributed by atoms with Crippen LogP contribution >= 0.6 is 0 Å². The molecule has 0 atom stereocenters. The van der Waals surface area contributed by atoms with Crippen molar-refractivity contribution in [2.45, 2.75) is 12.8 Å². The molecule has 0 aliphatic carbocycles. The Morgan fingerprint density at radius 1 is 1.33 bits per heavy atom. The van der Waals surface area contributed by atoms with E-state index in [-0.39, 0.29) is 5.91 Å². The Morgan fingerprint density at radius 2 is 2.27 bits per heavy atom. The van der Waals surface area contributed by atoms with E-state index in [4.69, 9.17) is 0 Å². The second-order valence-electron chi connectivity index (χ2n) is 3.69. The van der Waals surface area contributed by atoms with Crippen molar-refractivity contribution >= 4 is 17.4 Å². The fraction of sp³-hybridized carbons (Fsp3) is 0.273. The first-order valence-corrected chi connectivity index (χ1v) is 5.09. The predicted molar refractivity (Wildman–Crippen MR) is 56.8 cm³/mol. The summed E-state index contributed by atoms with van der Waals surface area (Å²) in [6, 6.07) is 5.82. The van der Waals surface area contributed by atoms with Crippen molar-refractivity contribution in [1.82, 2.24) is 9.38 Å². The van der Waals surface area contributed by atoms with E-state index in [2.05, 4.69) is 4.98 Å². The fourth-order valence-corrected chi connectivity index (χ4v) is 2.01. The van der Waals surface area contributed by atoms with Crippen molar-refractivity contribution in [3.8, 4) is 0 Å². The molecule has 15 heavy (non-hydrogen) atoms. The van der Waals surface area contributed by atoms with E-state index < -0.39 is 0 Å². The summed E-state index contributed by atoms with van der Waals surface area (Å²) in [7, 11) is 0. The second kappa shape index (κ2) is 3.08. The predicted octanol–water partition coefficient (Wildman–Crippen LogP) is 1.46. The summed E-state index contributed by atoms with van der Waals surface area (Å²) in [5.74, 6) is 1.08. The first-order chi connectivity index (χ1) is 7.36. The third-order valence-electron chi connectivity index (χ3n) is 2.75. The Kier molecular flexibility index (Phi) is 1.74. The molecule has 0 radical (unpaired) electrons. The molecule has 2 aromatic heterocycles. The van der Waals surface area contributed by atoms with Gasteiger partial charge in [0.05, 0.1) is 6.20 Å². The first kappa shape index (κ1) is 8.47. The zero-order chi connectivity index (χ0) is 10.3. The summed E-state index contributed by atoms with van der Waals surface area (Å²) < 4.78 is 1.95. The SMILES string of the molecule is O=C1CCCN1c1cnc2ccccn12. The van der Waals surface area contributed by atoms with E-state index in [0.29, 0.717) is 6.42 Å². The average Bonchev–Trinajstić information content (AvgIpc) is 2.83. The smallest absolute Gasteiger partial charge is 0.228 e. The van der Waals surface area contributed by atoms with Crippen LogP contribution in [-0.4, -0.2) is 21.8 Å². The Labute approximate surface area is 87.1 Å². The van der Waals surface area contributed by atoms with Crippen molar-refractivity contribution in [3.63, 3.8) is 0 Å². The maximum absolute atomic E-state index is 11.6. The number of fused-ring (bicyclic) bond motifs is 1. The Balaban J connectivity index is 2.14. The number of amides is 1. The van der Waals surface area contributed by atoms with Crippen LogP contribution in [0, 0.1) is 0 Å². The zero-order valence-corrected chi connectivity index (χ0v) is 8.26. The fourth-order valence-electron chi connectivity index (χ4n) is 2.01. The lowest BCUT2D eigenvalue weighted by Gasteiger charge is -2.13. The van der Waals surface area contributed by atoms with Crippen LogP contribution in [0.3, 0.4) is 0 Å². The minimum Gasteiger partial charge on any atom is -0.297 e. The number of carbonyl (C=O) groups excluding carboxylic acids is 1. The van der Waals surface area contributed by atoms with Crippen molar-refractivity contribution in [1.29, 1.82) is 0 Å². The molecule has 76 valence electrons. The van der Waals surface area contributed by atoms with Crippen molar-refractivity contribution in [2.24, 2.45) is 0 Å². The number of anilines is 1. The molecule has 3 rings (SSSR count). The Morgan fingerprint density at radius 3 is 3.07 bits per heavy atom. The summed E-state index contributed by atoms with van der Waals surface area (Å²) in [6.07, 6.45) is 5.29. The van der Waals surface area contributed by atoms with Gasteiger partial charge in [-0.1, -0.05) is 6.07 Å². The molecule has 0 unspecified atom stereocenters. The van der Waals surface area contributed by atoms with Gasteiger partial charge < -0.3 is 0 Å². The zero-order valence-electron chi connectivity index (χ0n) is 8.26. The normalized spacial score (nSPS) is 16.5. The number of pyridine rings is 1. The molecule has 1 aliphatic heterocycles. The number of hydrogen-bond acceptors (Lipinski definition) is 2. The van der Waals surface area contributed by atoms with Crippen LogP contribution in [0.2, 0.25) is 0 Å². The molecule has 4 nitrogen and oxygen atoms in total. The lowest BCUT2D eigenvalue weighted by atomic mass is 10.4. The van der Waals surface area contributed by atoms with Gasteiger partial charge in [0.2, 0.25) is 5.91 Å². The van der Waals surface area contributed by atoms with Gasteiger partial charge in [0.1, 0.15) is 11.5 Å². The Bertz CT molecular complexity index is 517. The van der Waals surface area contributed by atoms with E-state index in [1.165, 1.54) is 0 Å². The number of hydrogen-bond donors (Lipinski definition) is 0. The summed E-state index contributed by atoms with van der Waals surface area (Å²) in [6.45, 7) is 0.807. The van der Waals surface area contributed by atoms with Crippen LogP contribution in [0.15, 0.2) is 30.6 Å². The quantitative estimate of drug-likeness (QED) is 0.700. The largest absolute Gasteiger partial charge is 0.297 e. The molecular weight excluding hydrogens is 190 g/mol. The minimum absolute atomic E-state index is 0.195. The molecule has 0 spiro atoms. The van der Waals surface area contributed by atoms with Gasteiger partial charge in [0, 0.05) is 19.2 Å². The second-order valence-corrected chi connectivity index (χ2v) is 3.69. The van der Waals surface area contributed by atoms with Crippen LogP contribution < -0.4 is 4.90 Å². The molecule has 0 N–H and O–H groups in total. The monoisotopic (exact) mass is 201 g/mol. The molecule has 1 saturated heterocycles. The Hall–Kier alpha value is -1.84. The topological polar surface area (TPSA) is 37.6 Å². The van der Waals surface area contributed by atoms with E-state index in [1.807, 2.05) is 28.8 Å². The van der Waals surface area contributed by atoms with Crippen LogP contribution in [0.25, 0.3) is 5.65 Å². The highest BCUT2D eigenvalue weighted by molar-refractivity contribution is 5.94. The molecule has 3 heterocycles. The molecule has 0 aromatic carbocycles. The molecule has 1 amide bonds. The number of rotatable bonds is 1. The third kappa shape index (κ3) is 1.21. The van der Waals surface area contributed by atoms with Gasteiger partial charge in [-0.25, -0.2) is 4.98 Å². The lowest BCUT2D eigenvalue weighted by molar-refractivity contribution is -0.117. The van der Waals surface area contributed by atoms with Crippen molar-refractivity contribution in [2.75, 3.05) is 11.4 Å². The highest BCUT2D eigenvalue weighted by Gasteiger charge is 2.23. The summed E-state index contributed by atoms with van der Waals surface area (Å²) >= 11 is 0. The van der Waals surface area contributed by atoms with Crippen LogP contribution in [0.4, 0.5) is 5.82 Å². The molecular formula is C11H11N3O. The molecule has 4 heteroatoms. The number of imidazole rings is 1. The average molecular weight is 201 g/mol. The molecule has 0 saturated carbocycles. The maximum Gasteiger partial charge on any atom is 0.228 e. The minimum atomic E-state index is 0.195. The summed E-state index contributed by atoms with van der Waals surface area (Å²) in [4.78, 5) is 17.7. The van der Waals surface area contributed by atoms with Gasteiger partial charge in [0.15, 0.2) is 0 Å². The molecule has 1 fully saturated rings. The molecule has 1 aliphatic rings. The third-order valence-corrected chi connectivity index (χ3v) is 2.75. The van der Waals surface area contributed by atoms with E-state index in [0.717, 1.165) is 24.4 Å². The highest BCUT2D eigenvalue weighted by Crippen LogP contribution is 2.21.